The van der Waals surface area contributed by atoms with Gasteiger partial charge in [-0.3, -0.25) is 9.59 Å². The van der Waals surface area contributed by atoms with Gasteiger partial charge in [-0.25, -0.2) is 0 Å². The Hall–Kier alpha value is -1.68. The molecular weight excluding hydrogens is 276 g/mol. The van der Waals surface area contributed by atoms with Crippen molar-refractivity contribution in [3.63, 3.8) is 0 Å². The third kappa shape index (κ3) is 12.1. The minimum atomic E-state index is -0.289. The highest BCUT2D eigenvalue weighted by Gasteiger charge is 2.07. The van der Waals surface area contributed by atoms with Crippen LogP contribution in [0.1, 0.15) is 41.0 Å². The summed E-state index contributed by atoms with van der Waals surface area (Å²) in [5, 5.41) is 5.74. The Labute approximate surface area is 135 Å². The van der Waals surface area contributed by atoms with Gasteiger partial charge in [0.25, 0.3) is 0 Å². The third-order valence-electron chi connectivity index (χ3n) is 3.20. The number of carbonyl (C=O) groups is 2. The van der Waals surface area contributed by atoms with Crippen molar-refractivity contribution in [1.82, 2.24) is 10.6 Å². The summed E-state index contributed by atoms with van der Waals surface area (Å²) in [6, 6.07) is -0.289. The topological polar surface area (TPSA) is 58.2 Å². The van der Waals surface area contributed by atoms with Crippen LogP contribution in [0.5, 0.6) is 0 Å². The van der Waals surface area contributed by atoms with Crippen LogP contribution in [0.15, 0.2) is 36.5 Å². The molecule has 0 bridgehead atoms. The smallest absolute Gasteiger partial charge is 0.207 e. The highest BCUT2D eigenvalue weighted by atomic mass is 16.1. The van der Waals surface area contributed by atoms with Crippen molar-refractivity contribution in [2.45, 2.75) is 47.1 Å². The van der Waals surface area contributed by atoms with Crippen LogP contribution in [0, 0.1) is 5.92 Å². The maximum absolute atomic E-state index is 10.5. The second-order valence-electron chi connectivity index (χ2n) is 4.95. The van der Waals surface area contributed by atoms with E-state index in [9.17, 15) is 9.59 Å². The van der Waals surface area contributed by atoms with Crippen molar-refractivity contribution < 1.29 is 9.59 Å². The SMILES string of the molecule is C=C/C=C\C(=C/C)C(C)CNCC.CCC(NC=O)C(C)=O. The quantitative estimate of drug-likeness (QED) is 0.482. The van der Waals surface area contributed by atoms with Crippen LogP contribution >= 0.6 is 0 Å². The Morgan fingerprint density at radius 1 is 1.32 bits per heavy atom. The van der Waals surface area contributed by atoms with E-state index in [1.54, 1.807) is 0 Å². The molecule has 2 atom stereocenters. The van der Waals surface area contributed by atoms with Gasteiger partial charge in [0.15, 0.2) is 5.78 Å². The van der Waals surface area contributed by atoms with E-state index in [0.29, 0.717) is 18.7 Å². The lowest BCUT2D eigenvalue weighted by Gasteiger charge is -2.12. The molecule has 0 saturated heterocycles. The Kier molecular flexibility index (Phi) is 16.1. The summed E-state index contributed by atoms with van der Waals surface area (Å²) in [6.45, 7) is 15.5. The van der Waals surface area contributed by atoms with Gasteiger partial charge in [0.05, 0.1) is 6.04 Å². The van der Waals surface area contributed by atoms with E-state index in [1.807, 2.05) is 19.1 Å². The summed E-state index contributed by atoms with van der Waals surface area (Å²) >= 11 is 0. The number of hydrogen-bond acceptors (Lipinski definition) is 3. The average molecular weight is 308 g/mol. The van der Waals surface area contributed by atoms with Gasteiger partial charge in [0.1, 0.15) is 0 Å². The number of ketones is 1. The third-order valence-corrected chi connectivity index (χ3v) is 3.20. The summed E-state index contributed by atoms with van der Waals surface area (Å²) in [5.74, 6) is 0.575. The summed E-state index contributed by atoms with van der Waals surface area (Å²) in [7, 11) is 0. The fourth-order valence-electron chi connectivity index (χ4n) is 1.81. The Balaban J connectivity index is 0. The molecule has 0 rings (SSSR count). The summed E-state index contributed by atoms with van der Waals surface area (Å²) in [6.07, 6.45) is 9.28. The van der Waals surface area contributed by atoms with E-state index in [1.165, 1.54) is 12.5 Å². The van der Waals surface area contributed by atoms with E-state index in [4.69, 9.17) is 0 Å². The molecule has 0 heterocycles. The fraction of sp³-hybridized carbons (Fsp3) is 0.556. The molecule has 22 heavy (non-hydrogen) atoms. The van der Waals surface area contributed by atoms with Gasteiger partial charge in [-0.15, -0.1) is 0 Å². The van der Waals surface area contributed by atoms with Gasteiger partial charge in [-0.05, 0) is 38.3 Å². The van der Waals surface area contributed by atoms with E-state index in [2.05, 4.69) is 50.1 Å². The number of hydrogen-bond donors (Lipinski definition) is 2. The molecule has 2 unspecified atom stereocenters. The van der Waals surface area contributed by atoms with Gasteiger partial charge < -0.3 is 10.6 Å². The molecule has 0 aromatic carbocycles. The Morgan fingerprint density at radius 2 is 1.95 bits per heavy atom. The number of amides is 1. The van der Waals surface area contributed by atoms with Crippen LogP contribution in [0.4, 0.5) is 0 Å². The fourth-order valence-corrected chi connectivity index (χ4v) is 1.81. The highest BCUT2D eigenvalue weighted by molar-refractivity contribution is 5.83. The van der Waals surface area contributed by atoms with Crippen LogP contribution in [-0.2, 0) is 9.59 Å². The first-order chi connectivity index (χ1) is 10.5. The van der Waals surface area contributed by atoms with Crippen molar-refractivity contribution in [3.05, 3.63) is 36.5 Å². The van der Waals surface area contributed by atoms with Crippen LogP contribution in [0.25, 0.3) is 0 Å². The van der Waals surface area contributed by atoms with Crippen LogP contribution in [0.3, 0.4) is 0 Å². The number of nitrogens with one attached hydrogen (secondary N) is 2. The van der Waals surface area contributed by atoms with E-state index < -0.39 is 0 Å². The first-order valence-electron chi connectivity index (χ1n) is 7.84. The minimum absolute atomic E-state index is 0.00426. The van der Waals surface area contributed by atoms with Gasteiger partial charge in [-0.1, -0.05) is 51.7 Å². The predicted octanol–water partition coefficient (Wildman–Crippen LogP) is 3.02. The number of Topliss-reactive ketones (excluding diaryl/α,β-unsaturated/α-hetero) is 1. The van der Waals surface area contributed by atoms with Crippen LogP contribution in [0.2, 0.25) is 0 Å². The predicted molar refractivity (Wildman–Crippen MR) is 94.8 cm³/mol. The lowest BCUT2D eigenvalue weighted by molar-refractivity contribution is -0.121. The van der Waals surface area contributed by atoms with Gasteiger partial charge in [0.2, 0.25) is 6.41 Å². The molecule has 4 heteroatoms. The molecule has 0 aliphatic heterocycles. The normalized spacial score (nSPS) is 13.8. The average Bonchev–Trinajstić information content (AvgIpc) is 2.51. The number of rotatable bonds is 10. The van der Waals surface area contributed by atoms with Gasteiger partial charge in [-0.2, -0.15) is 0 Å². The summed E-state index contributed by atoms with van der Waals surface area (Å²) in [5.41, 5.74) is 1.36. The van der Waals surface area contributed by atoms with Crippen molar-refractivity contribution in [2.75, 3.05) is 13.1 Å². The summed E-state index contributed by atoms with van der Waals surface area (Å²) < 4.78 is 0. The second kappa shape index (κ2) is 15.7. The van der Waals surface area contributed by atoms with Crippen molar-refractivity contribution >= 4 is 12.2 Å². The van der Waals surface area contributed by atoms with Gasteiger partial charge in [0, 0.05) is 6.54 Å². The lowest BCUT2D eigenvalue weighted by Crippen LogP contribution is -2.33. The molecule has 2 N–H and O–H groups in total. The van der Waals surface area contributed by atoms with E-state index in [0.717, 1.165) is 13.1 Å². The lowest BCUT2D eigenvalue weighted by atomic mass is 10.0. The molecular formula is C18H32N2O2. The molecule has 4 nitrogen and oxygen atoms in total. The molecule has 0 aliphatic rings. The molecule has 0 radical (unpaired) electrons. The molecule has 1 amide bonds. The van der Waals surface area contributed by atoms with E-state index >= 15 is 0 Å². The molecule has 0 fully saturated rings. The van der Waals surface area contributed by atoms with Crippen molar-refractivity contribution in [3.8, 4) is 0 Å². The first kappa shape index (κ1) is 22.6. The zero-order valence-corrected chi connectivity index (χ0v) is 14.7. The number of allylic oxidation sites excluding steroid dienone is 4. The minimum Gasteiger partial charge on any atom is -0.349 e. The zero-order chi connectivity index (χ0) is 17.4. The monoisotopic (exact) mass is 308 g/mol. The molecule has 0 saturated carbocycles. The summed E-state index contributed by atoms with van der Waals surface area (Å²) in [4.78, 5) is 20.4. The molecule has 0 spiro atoms. The van der Waals surface area contributed by atoms with E-state index in [-0.39, 0.29) is 11.8 Å². The zero-order valence-electron chi connectivity index (χ0n) is 14.7. The van der Waals surface area contributed by atoms with Crippen molar-refractivity contribution in [2.24, 2.45) is 5.92 Å². The molecule has 0 aromatic heterocycles. The highest BCUT2D eigenvalue weighted by Crippen LogP contribution is 2.10. The molecule has 0 aromatic rings. The Morgan fingerprint density at radius 3 is 2.27 bits per heavy atom. The first-order valence-corrected chi connectivity index (χ1v) is 7.84. The maximum atomic E-state index is 10.5. The maximum Gasteiger partial charge on any atom is 0.207 e. The van der Waals surface area contributed by atoms with Crippen LogP contribution in [-0.4, -0.2) is 31.3 Å². The Bertz CT molecular complexity index is 373. The molecule has 126 valence electrons. The van der Waals surface area contributed by atoms with Crippen LogP contribution < -0.4 is 10.6 Å². The standard InChI is InChI=1S/C12H21N.C6H11NO2/c1-5-8-9-12(6-2)11(4)10-13-7-3;1-3-6(5(2)9)7-4-8/h5-6,8-9,11,13H,1,7,10H2,2-4H3;4,6H,3H2,1-2H3,(H,7,8)/b9-8-,12-6+;. The number of carbonyl (C=O) groups excluding carboxylic acids is 2. The second-order valence-corrected chi connectivity index (χ2v) is 4.95. The molecule has 0 aliphatic carbocycles. The van der Waals surface area contributed by atoms with Crippen molar-refractivity contribution in [1.29, 1.82) is 0 Å². The van der Waals surface area contributed by atoms with Gasteiger partial charge >= 0.3 is 0 Å². The largest absolute Gasteiger partial charge is 0.349 e.